The lowest BCUT2D eigenvalue weighted by molar-refractivity contribution is -0.144. The van der Waals surface area contributed by atoms with E-state index >= 15 is 0 Å². The molecule has 2 rings (SSSR count). The molecular formula is C13H11ClN2O4. The van der Waals surface area contributed by atoms with E-state index in [1.165, 1.54) is 19.3 Å². The molecule has 1 atom stereocenters. The lowest BCUT2D eigenvalue weighted by Crippen LogP contribution is -2.22. The van der Waals surface area contributed by atoms with Crippen LogP contribution >= 0.6 is 11.6 Å². The van der Waals surface area contributed by atoms with Gasteiger partial charge in [-0.3, -0.25) is 4.98 Å². The summed E-state index contributed by atoms with van der Waals surface area (Å²) in [6.45, 7) is 1.45. The first kappa shape index (κ1) is 14.1. The second-order valence-electron chi connectivity index (χ2n) is 3.85. The van der Waals surface area contributed by atoms with E-state index in [1.54, 1.807) is 24.3 Å². The lowest BCUT2D eigenvalue weighted by atomic mass is 10.3. The van der Waals surface area contributed by atoms with Crippen LogP contribution in [0.2, 0.25) is 5.15 Å². The van der Waals surface area contributed by atoms with Crippen LogP contribution in [0.25, 0.3) is 0 Å². The molecule has 1 aromatic carbocycles. The summed E-state index contributed by atoms with van der Waals surface area (Å²) in [5.41, 5.74) is 0. The summed E-state index contributed by atoms with van der Waals surface area (Å²) < 4.78 is 10.6. The topological polar surface area (TPSA) is 81.5 Å². The molecule has 0 aliphatic heterocycles. The number of halogens is 1. The first-order chi connectivity index (χ1) is 9.54. The Hall–Kier alpha value is -2.34. The minimum absolute atomic E-state index is 0.234. The van der Waals surface area contributed by atoms with Crippen molar-refractivity contribution in [2.75, 3.05) is 0 Å². The first-order valence-corrected chi connectivity index (χ1v) is 6.07. The number of nitrogens with zero attached hydrogens (tertiary/aromatic N) is 2. The van der Waals surface area contributed by atoms with Gasteiger partial charge in [0, 0.05) is 0 Å². The predicted octanol–water partition coefficient (Wildman–Crippen LogP) is 2.77. The number of hydrogen-bond donors (Lipinski definition) is 1. The minimum atomic E-state index is -1.03. The van der Waals surface area contributed by atoms with Crippen molar-refractivity contribution in [3.8, 4) is 17.4 Å². The van der Waals surface area contributed by atoms with Gasteiger partial charge in [-0.25, -0.2) is 4.79 Å². The summed E-state index contributed by atoms with van der Waals surface area (Å²) in [5.74, 6) is 0.186. The maximum atomic E-state index is 10.7. The molecule has 1 aromatic heterocycles. The van der Waals surface area contributed by atoms with E-state index in [2.05, 4.69) is 9.97 Å². The molecule has 0 saturated carbocycles. The van der Waals surface area contributed by atoms with Gasteiger partial charge in [0.15, 0.2) is 11.3 Å². The number of aromatic nitrogens is 2. The fourth-order valence-electron chi connectivity index (χ4n) is 1.34. The molecule has 20 heavy (non-hydrogen) atoms. The fourth-order valence-corrected chi connectivity index (χ4v) is 1.48. The Labute approximate surface area is 120 Å². The van der Waals surface area contributed by atoms with Gasteiger partial charge < -0.3 is 14.6 Å². The largest absolute Gasteiger partial charge is 0.479 e. The Morgan fingerprint density at radius 3 is 2.50 bits per heavy atom. The molecule has 0 spiro atoms. The van der Waals surface area contributed by atoms with Crippen molar-refractivity contribution in [3.05, 3.63) is 41.8 Å². The highest BCUT2D eigenvalue weighted by atomic mass is 35.5. The Kier molecular flexibility index (Phi) is 4.37. The molecule has 0 aliphatic rings. The number of carboxylic acids is 1. The standard InChI is InChI=1S/C13H11ClN2O4/c1-8(13(17)18)19-9-2-4-10(5-3-9)20-12-7-15-6-11(14)16-12/h2-8H,1H3,(H,17,18)/t8-/m1/s1. The summed E-state index contributed by atoms with van der Waals surface area (Å²) in [7, 11) is 0. The zero-order chi connectivity index (χ0) is 14.5. The Morgan fingerprint density at radius 2 is 1.90 bits per heavy atom. The summed E-state index contributed by atoms with van der Waals surface area (Å²) in [4.78, 5) is 18.4. The third-order valence-corrected chi connectivity index (χ3v) is 2.47. The van der Waals surface area contributed by atoms with Gasteiger partial charge in [-0.15, -0.1) is 0 Å². The number of carboxylic acid groups (broad SMARTS) is 1. The molecular weight excluding hydrogens is 284 g/mol. The summed E-state index contributed by atoms with van der Waals surface area (Å²) in [5, 5.41) is 8.98. The predicted molar refractivity (Wildman–Crippen MR) is 71.3 cm³/mol. The Morgan fingerprint density at radius 1 is 1.25 bits per heavy atom. The molecule has 0 bridgehead atoms. The van der Waals surface area contributed by atoms with Crippen molar-refractivity contribution in [1.82, 2.24) is 9.97 Å². The van der Waals surface area contributed by atoms with Gasteiger partial charge in [0.05, 0.1) is 12.4 Å². The average Bonchev–Trinajstić information content (AvgIpc) is 2.41. The maximum absolute atomic E-state index is 10.7. The van der Waals surface area contributed by atoms with Crippen LogP contribution in [0.15, 0.2) is 36.7 Å². The molecule has 0 radical (unpaired) electrons. The van der Waals surface area contributed by atoms with Gasteiger partial charge in [0.25, 0.3) is 0 Å². The zero-order valence-corrected chi connectivity index (χ0v) is 11.2. The van der Waals surface area contributed by atoms with Gasteiger partial charge in [-0.05, 0) is 31.2 Å². The van der Waals surface area contributed by atoms with E-state index in [0.29, 0.717) is 11.5 Å². The zero-order valence-electron chi connectivity index (χ0n) is 10.5. The quantitative estimate of drug-likeness (QED) is 0.913. The highest BCUT2D eigenvalue weighted by molar-refractivity contribution is 6.29. The Bertz CT molecular complexity index is 604. The average molecular weight is 295 g/mol. The van der Waals surface area contributed by atoms with Gasteiger partial charge >= 0.3 is 5.97 Å². The van der Waals surface area contributed by atoms with Gasteiger partial charge in [-0.1, -0.05) is 11.6 Å². The van der Waals surface area contributed by atoms with Crippen LogP contribution in [0, 0.1) is 0 Å². The van der Waals surface area contributed by atoms with Gasteiger partial charge in [-0.2, -0.15) is 4.98 Å². The molecule has 2 aromatic rings. The van der Waals surface area contributed by atoms with E-state index in [9.17, 15) is 4.79 Å². The van der Waals surface area contributed by atoms with Crippen molar-refractivity contribution in [1.29, 1.82) is 0 Å². The molecule has 104 valence electrons. The van der Waals surface area contributed by atoms with Gasteiger partial charge in [0.1, 0.15) is 11.5 Å². The SMILES string of the molecule is C[C@@H](Oc1ccc(Oc2cncc(Cl)n2)cc1)C(=O)O. The normalized spacial score (nSPS) is 11.7. The number of rotatable bonds is 5. The number of ether oxygens (including phenoxy) is 2. The number of carbonyl (C=O) groups is 1. The molecule has 0 saturated heterocycles. The van der Waals surface area contributed by atoms with Crippen LogP contribution in [0.1, 0.15) is 6.92 Å². The van der Waals surface area contributed by atoms with Crippen molar-refractivity contribution in [2.24, 2.45) is 0 Å². The molecule has 0 amide bonds. The third-order valence-electron chi connectivity index (χ3n) is 2.29. The van der Waals surface area contributed by atoms with E-state index in [1.807, 2.05) is 0 Å². The second kappa shape index (κ2) is 6.21. The first-order valence-electron chi connectivity index (χ1n) is 5.69. The van der Waals surface area contributed by atoms with E-state index in [-0.39, 0.29) is 11.0 Å². The highest BCUT2D eigenvalue weighted by Gasteiger charge is 2.12. The second-order valence-corrected chi connectivity index (χ2v) is 4.24. The number of benzene rings is 1. The molecule has 1 heterocycles. The van der Waals surface area contributed by atoms with Crippen LogP contribution in [0.4, 0.5) is 0 Å². The van der Waals surface area contributed by atoms with E-state index < -0.39 is 12.1 Å². The van der Waals surface area contributed by atoms with Crippen molar-refractivity contribution >= 4 is 17.6 Å². The van der Waals surface area contributed by atoms with E-state index in [0.717, 1.165) is 0 Å². The van der Waals surface area contributed by atoms with Crippen LogP contribution < -0.4 is 9.47 Å². The molecule has 0 fully saturated rings. The van der Waals surface area contributed by atoms with Crippen molar-refractivity contribution in [2.45, 2.75) is 13.0 Å². The lowest BCUT2D eigenvalue weighted by Gasteiger charge is -2.10. The smallest absolute Gasteiger partial charge is 0.344 e. The molecule has 1 N–H and O–H groups in total. The molecule has 0 unspecified atom stereocenters. The highest BCUT2D eigenvalue weighted by Crippen LogP contribution is 2.23. The van der Waals surface area contributed by atoms with Crippen LogP contribution in [0.3, 0.4) is 0 Å². The van der Waals surface area contributed by atoms with Gasteiger partial charge in [0.2, 0.25) is 5.88 Å². The van der Waals surface area contributed by atoms with Crippen molar-refractivity contribution < 1.29 is 19.4 Å². The minimum Gasteiger partial charge on any atom is -0.479 e. The van der Waals surface area contributed by atoms with Crippen LogP contribution in [-0.4, -0.2) is 27.1 Å². The Balaban J connectivity index is 2.03. The van der Waals surface area contributed by atoms with E-state index in [4.69, 9.17) is 26.2 Å². The number of hydrogen-bond acceptors (Lipinski definition) is 5. The monoisotopic (exact) mass is 294 g/mol. The fraction of sp³-hybridized carbons (Fsp3) is 0.154. The van der Waals surface area contributed by atoms with Crippen LogP contribution in [0.5, 0.6) is 17.4 Å². The molecule has 6 nitrogen and oxygen atoms in total. The van der Waals surface area contributed by atoms with Crippen molar-refractivity contribution in [3.63, 3.8) is 0 Å². The summed E-state index contributed by atoms with van der Waals surface area (Å²) >= 11 is 5.69. The summed E-state index contributed by atoms with van der Waals surface area (Å²) in [6.07, 6.45) is 1.92. The summed E-state index contributed by atoms with van der Waals surface area (Å²) in [6, 6.07) is 6.47. The third kappa shape index (κ3) is 3.83. The van der Waals surface area contributed by atoms with Crippen LogP contribution in [-0.2, 0) is 4.79 Å². The molecule has 7 heteroatoms. The number of aliphatic carboxylic acids is 1. The maximum Gasteiger partial charge on any atom is 0.344 e. The molecule has 0 aliphatic carbocycles.